The number of pyridine rings is 1. The van der Waals surface area contributed by atoms with E-state index >= 15 is 0 Å². The lowest BCUT2D eigenvalue weighted by Gasteiger charge is -1.97. The third-order valence-corrected chi connectivity index (χ3v) is 1.77. The smallest absolute Gasteiger partial charge is 0.181 e. The molecule has 0 saturated carbocycles. The van der Waals surface area contributed by atoms with E-state index in [-0.39, 0.29) is 17.0 Å². The third kappa shape index (κ3) is 2.19. The minimum Gasteiger partial charge on any atom is -1.00 e. The maximum atomic E-state index is 9.10. The van der Waals surface area contributed by atoms with Gasteiger partial charge in [0.2, 0.25) is 0 Å². The normalized spacial score (nSPS) is 9.00. The first-order chi connectivity index (χ1) is 4.61. The van der Waals surface area contributed by atoms with E-state index in [2.05, 4.69) is 0 Å². The van der Waals surface area contributed by atoms with Crippen molar-refractivity contribution in [3.8, 4) is 5.75 Å². The minimum atomic E-state index is 0. The molecule has 0 bridgehead atoms. The molecule has 1 aromatic heterocycles. The molecule has 0 aliphatic heterocycles. The molecule has 0 aliphatic rings. The summed E-state index contributed by atoms with van der Waals surface area (Å²) in [6, 6.07) is 3.49. The topological polar surface area (TPSA) is 24.1 Å². The predicted molar refractivity (Wildman–Crippen MR) is 38.8 cm³/mol. The van der Waals surface area contributed by atoms with Crippen molar-refractivity contribution in [1.82, 2.24) is 0 Å². The Balaban J connectivity index is 0.000001000. The van der Waals surface area contributed by atoms with Gasteiger partial charge in [-0.15, -0.1) is 0 Å². The van der Waals surface area contributed by atoms with Crippen LogP contribution in [0.25, 0.3) is 0 Å². The minimum absolute atomic E-state index is 0. The zero-order valence-corrected chi connectivity index (χ0v) is 8.51. The van der Waals surface area contributed by atoms with Gasteiger partial charge in [0.05, 0.1) is 0 Å². The zero-order chi connectivity index (χ0) is 7.72. The number of rotatable bonds is 0. The van der Waals surface area contributed by atoms with Crippen molar-refractivity contribution in [2.24, 2.45) is 7.05 Å². The molecule has 62 valence electrons. The second-order valence-corrected chi connectivity index (χ2v) is 2.56. The number of aryl methyl sites for hydroxylation is 2. The van der Waals surface area contributed by atoms with Crippen molar-refractivity contribution in [3.05, 3.63) is 23.5 Å². The molecule has 1 N–H and O–H groups in total. The predicted octanol–water partition coefficient (Wildman–Crippen LogP) is -2.16. The summed E-state index contributed by atoms with van der Waals surface area (Å²) in [5.74, 6) is 0.341. The van der Waals surface area contributed by atoms with E-state index in [1.165, 1.54) is 0 Å². The molecular weight excluding hydrogens is 206 g/mol. The summed E-state index contributed by atoms with van der Waals surface area (Å²) < 4.78 is 2.03. The molecule has 2 nitrogen and oxygen atoms in total. The molecule has 1 heterocycles. The standard InChI is InChI=1S/C8H11NO.BrH/c1-6-4-8(10)5-7(2)9(6)3;/h4-5H,1-3H3;1H. The molecule has 0 fully saturated rings. The zero-order valence-electron chi connectivity index (χ0n) is 6.93. The largest absolute Gasteiger partial charge is 1.00 e. The van der Waals surface area contributed by atoms with Crippen LogP contribution in [-0.4, -0.2) is 5.11 Å². The van der Waals surface area contributed by atoms with Crippen LogP contribution in [-0.2, 0) is 7.05 Å². The fourth-order valence-electron chi connectivity index (χ4n) is 0.942. The van der Waals surface area contributed by atoms with Gasteiger partial charge in [0.15, 0.2) is 11.4 Å². The second kappa shape index (κ2) is 3.72. The summed E-state index contributed by atoms with van der Waals surface area (Å²) in [6.45, 7) is 3.93. The molecule has 0 atom stereocenters. The summed E-state index contributed by atoms with van der Waals surface area (Å²) in [5.41, 5.74) is 2.13. The first kappa shape index (κ1) is 10.4. The lowest BCUT2D eigenvalue weighted by molar-refractivity contribution is -0.683. The Morgan fingerprint density at radius 3 is 1.91 bits per heavy atom. The van der Waals surface area contributed by atoms with Gasteiger partial charge in [0, 0.05) is 26.0 Å². The molecule has 1 aromatic rings. The van der Waals surface area contributed by atoms with Gasteiger partial charge >= 0.3 is 0 Å². The number of hydrogen-bond acceptors (Lipinski definition) is 1. The Labute approximate surface area is 77.3 Å². The molecule has 0 aromatic carbocycles. The highest BCUT2D eigenvalue weighted by Gasteiger charge is 2.05. The van der Waals surface area contributed by atoms with E-state index in [9.17, 15) is 0 Å². The van der Waals surface area contributed by atoms with Crippen molar-refractivity contribution in [2.45, 2.75) is 13.8 Å². The van der Waals surface area contributed by atoms with Gasteiger partial charge in [-0.3, -0.25) is 0 Å². The summed E-state index contributed by atoms with van der Waals surface area (Å²) in [6.07, 6.45) is 0. The van der Waals surface area contributed by atoms with Crippen LogP contribution < -0.4 is 21.5 Å². The van der Waals surface area contributed by atoms with Gasteiger partial charge in [-0.25, -0.2) is 4.57 Å². The molecular formula is C8H12BrNO. The van der Waals surface area contributed by atoms with E-state index in [0.29, 0.717) is 5.75 Å². The molecule has 11 heavy (non-hydrogen) atoms. The summed E-state index contributed by atoms with van der Waals surface area (Å²) in [7, 11) is 1.98. The third-order valence-electron chi connectivity index (χ3n) is 1.77. The van der Waals surface area contributed by atoms with Crippen LogP contribution >= 0.6 is 0 Å². The fraction of sp³-hybridized carbons (Fsp3) is 0.375. The van der Waals surface area contributed by atoms with Crippen molar-refractivity contribution in [1.29, 1.82) is 0 Å². The van der Waals surface area contributed by atoms with Crippen LogP contribution in [0.5, 0.6) is 5.75 Å². The first-order valence-electron chi connectivity index (χ1n) is 3.27. The molecule has 0 unspecified atom stereocenters. The highest BCUT2D eigenvalue weighted by molar-refractivity contribution is 5.20. The molecule has 3 heteroatoms. The summed E-state index contributed by atoms with van der Waals surface area (Å²) in [5, 5.41) is 9.10. The Kier molecular flexibility index (Phi) is 3.52. The van der Waals surface area contributed by atoms with E-state index in [4.69, 9.17) is 5.11 Å². The van der Waals surface area contributed by atoms with Crippen molar-refractivity contribution < 1.29 is 26.7 Å². The second-order valence-electron chi connectivity index (χ2n) is 2.56. The Morgan fingerprint density at radius 2 is 1.55 bits per heavy atom. The van der Waals surface area contributed by atoms with Gasteiger partial charge < -0.3 is 22.1 Å². The molecule has 0 saturated heterocycles. The van der Waals surface area contributed by atoms with Gasteiger partial charge in [0.25, 0.3) is 0 Å². The molecule has 1 rings (SSSR count). The number of aromatic hydroxyl groups is 1. The van der Waals surface area contributed by atoms with Crippen LogP contribution in [0.2, 0.25) is 0 Å². The number of halogens is 1. The Morgan fingerprint density at radius 1 is 1.18 bits per heavy atom. The Bertz CT molecular complexity index is 237. The lowest BCUT2D eigenvalue weighted by Crippen LogP contribution is -3.00. The van der Waals surface area contributed by atoms with Crippen LogP contribution in [0, 0.1) is 13.8 Å². The van der Waals surface area contributed by atoms with Crippen LogP contribution in [0.3, 0.4) is 0 Å². The van der Waals surface area contributed by atoms with E-state index in [1.807, 2.05) is 25.5 Å². The average molecular weight is 218 g/mol. The van der Waals surface area contributed by atoms with E-state index < -0.39 is 0 Å². The average Bonchev–Trinajstić information content (AvgIpc) is 1.82. The molecule has 0 aliphatic carbocycles. The number of hydrogen-bond donors (Lipinski definition) is 1. The monoisotopic (exact) mass is 217 g/mol. The molecule has 0 radical (unpaired) electrons. The van der Waals surface area contributed by atoms with Crippen LogP contribution in [0.15, 0.2) is 12.1 Å². The highest BCUT2D eigenvalue weighted by atomic mass is 79.9. The quantitative estimate of drug-likeness (QED) is 0.493. The number of aromatic nitrogens is 1. The van der Waals surface area contributed by atoms with E-state index in [0.717, 1.165) is 11.4 Å². The molecule has 0 spiro atoms. The maximum absolute atomic E-state index is 9.10. The van der Waals surface area contributed by atoms with Crippen molar-refractivity contribution in [2.75, 3.05) is 0 Å². The van der Waals surface area contributed by atoms with Gasteiger partial charge in [-0.05, 0) is 0 Å². The number of nitrogens with zero attached hydrogens (tertiary/aromatic N) is 1. The van der Waals surface area contributed by atoms with Crippen molar-refractivity contribution >= 4 is 0 Å². The van der Waals surface area contributed by atoms with Crippen LogP contribution in [0.1, 0.15) is 11.4 Å². The van der Waals surface area contributed by atoms with E-state index in [1.54, 1.807) is 12.1 Å². The SMILES string of the molecule is Cc1cc(O)cc(C)[n+]1C.[Br-]. The maximum Gasteiger partial charge on any atom is 0.181 e. The summed E-state index contributed by atoms with van der Waals surface area (Å²) >= 11 is 0. The lowest BCUT2D eigenvalue weighted by atomic mass is 10.3. The fourth-order valence-corrected chi connectivity index (χ4v) is 0.942. The van der Waals surface area contributed by atoms with Crippen molar-refractivity contribution in [3.63, 3.8) is 0 Å². The van der Waals surface area contributed by atoms with Gasteiger partial charge in [-0.2, -0.15) is 0 Å². The highest BCUT2D eigenvalue weighted by Crippen LogP contribution is 2.08. The Hall–Kier alpha value is -0.570. The molecule has 0 amide bonds. The summed E-state index contributed by atoms with van der Waals surface area (Å²) in [4.78, 5) is 0. The van der Waals surface area contributed by atoms with Crippen LogP contribution in [0.4, 0.5) is 0 Å². The van der Waals surface area contributed by atoms with Gasteiger partial charge in [0.1, 0.15) is 12.8 Å². The first-order valence-corrected chi connectivity index (χ1v) is 3.27. The van der Waals surface area contributed by atoms with Gasteiger partial charge in [-0.1, -0.05) is 0 Å².